The van der Waals surface area contributed by atoms with Gasteiger partial charge in [0.1, 0.15) is 0 Å². The molecule has 0 aliphatic heterocycles. The van der Waals surface area contributed by atoms with E-state index in [0.717, 1.165) is 5.69 Å². The Hall–Kier alpha value is -1.32. The Labute approximate surface area is 90.5 Å². The van der Waals surface area contributed by atoms with Crippen LogP contribution in [0.3, 0.4) is 0 Å². The molecular weight excluding hydrogens is 190 g/mol. The van der Waals surface area contributed by atoms with E-state index in [1.807, 2.05) is 13.8 Å². The van der Waals surface area contributed by atoms with Crippen LogP contribution >= 0.6 is 0 Å². The maximum Gasteiger partial charge on any atom is 0.254 e. The number of carbonyl (C=O) groups is 1. The third-order valence-corrected chi connectivity index (χ3v) is 2.72. The van der Waals surface area contributed by atoms with Gasteiger partial charge in [-0.15, -0.1) is 0 Å². The van der Waals surface area contributed by atoms with Gasteiger partial charge in [-0.3, -0.25) is 9.89 Å². The molecule has 0 aromatic carbocycles. The van der Waals surface area contributed by atoms with Gasteiger partial charge < -0.3 is 5.32 Å². The van der Waals surface area contributed by atoms with Crippen LogP contribution in [0, 0.1) is 12.3 Å². The highest BCUT2D eigenvalue weighted by Crippen LogP contribution is 2.19. The lowest BCUT2D eigenvalue weighted by atomic mass is 9.88. The van der Waals surface area contributed by atoms with Crippen molar-refractivity contribution < 1.29 is 4.79 Å². The van der Waals surface area contributed by atoms with Crippen molar-refractivity contribution >= 4 is 5.91 Å². The number of rotatable bonds is 2. The number of hydrogen-bond donors (Lipinski definition) is 2. The number of H-pyrrole nitrogens is 1. The molecule has 0 radical (unpaired) electrons. The van der Waals surface area contributed by atoms with Gasteiger partial charge in [-0.2, -0.15) is 5.10 Å². The molecule has 0 bridgehead atoms. The van der Waals surface area contributed by atoms with Crippen LogP contribution in [0.1, 0.15) is 43.7 Å². The molecule has 0 saturated carbocycles. The van der Waals surface area contributed by atoms with Gasteiger partial charge in [0.05, 0.1) is 11.8 Å². The molecule has 1 atom stereocenters. The molecule has 1 rings (SSSR count). The molecule has 4 nitrogen and oxygen atoms in total. The summed E-state index contributed by atoms with van der Waals surface area (Å²) in [7, 11) is 0. The minimum absolute atomic E-state index is 0.0628. The molecule has 0 aliphatic carbocycles. The molecule has 0 aliphatic rings. The van der Waals surface area contributed by atoms with Crippen molar-refractivity contribution in [1.29, 1.82) is 0 Å². The average Bonchev–Trinajstić information content (AvgIpc) is 2.49. The van der Waals surface area contributed by atoms with Crippen LogP contribution in [0.2, 0.25) is 0 Å². The molecule has 1 amide bonds. The summed E-state index contributed by atoms with van der Waals surface area (Å²) < 4.78 is 0. The molecule has 84 valence electrons. The van der Waals surface area contributed by atoms with Crippen LogP contribution in [0.4, 0.5) is 0 Å². The molecule has 0 fully saturated rings. The molecular formula is C11H19N3O. The van der Waals surface area contributed by atoms with Gasteiger partial charge in [-0.05, 0) is 19.3 Å². The van der Waals surface area contributed by atoms with Crippen LogP contribution in [0.15, 0.2) is 6.20 Å². The van der Waals surface area contributed by atoms with Crippen LogP contribution in [-0.2, 0) is 0 Å². The summed E-state index contributed by atoms with van der Waals surface area (Å²) in [6, 6.07) is 0.124. The lowest BCUT2D eigenvalue weighted by Crippen LogP contribution is -2.41. The lowest BCUT2D eigenvalue weighted by Gasteiger charge is -2.27. The van der Waals surface area contributed by atoms with Crippen molar-refractivity contribution in [3.05, 3.63) is 17.5 Å². The Bertz CT molecular complexity index is 349. The normalized spacial score (nSPS) is 13.7. The zero-order chi connectivity index (χ0) is 11.6. The molecule has 4 heteroatoms. The van der Waals surface area contributed by atoms with Gasteiger partial charge in [0, 0.05) is 11.7 Å². The Balaban J connectivity index is 2.69. The smallest absolute Gasteiger partial charge is 0.254 e. The fourth-order valence-electron chi connectivity index (χ4n) is 1.07. The van der Waals surface area contributed by atoms with Gasteiger partial charge in [0.2, 0.25) is 0 Å². The van der Waals surface area contributed by atoms with Crippen LogP contribution < -0.4 is 5.32 Å². The fraction of sp³-hybridized carbons (Fsp3) is 0.636. The van der Waals surface area contributed by atoms with Gasteiger partial charge in [-0.25, -0.2) is 0 Å². The minimum Gasteiger partial charge on any atom is -0.349 e. The minimum atomic E-state index is -0.0660. The van der Waals surface area contributed by atoms with Crippen molar-refractivity contribution in [1.82, 2.24) is 15.5 Å². The van der Waals surface area contributed by atoms with Crippen molar-refractivity contribution in [2.75, 3.05) is 0 Å². The standard InChI is InChI=1S/C11H19N3O/c1-7-9(6-12-14-7)10(15)13-8(2)11(3,4)5/h6,8H,1-5H3,(H,12,14)(H,13,15). The molecule has 1 unspecified atom stereocenters. The zero-order valence-electron chi connectivity index (χ0n) is 10.0. The predicted molar refractivity (Wildman–Crippen MR) is 59.7 cm³/mol. The quantitative estimate of drug-likeness (QED) is 0.781. The van der Waals surface area contributed by atoms with Gasteiger partial charge in [0.25, 0.3) is 5.91 Å². The Morgan fingerprint density at radius 3 is 2.53 bits per heavy atom. The lowest BCUT2D eigenvalue weighted by molar-refractivity contribution is 0.0909. The third-order valence-electron chi connectivity index (χ3n) is 2.72. The summed E-state index contributed by atoms with van der Waals surface area (Å²) >= 11 is 0. The number of carbonyl (C=O) groups excluding carboxylic acids is 1. The number of hydrogen-bond acceptors (Lipinski definition) is 2. The van der Waals surface area contributed by atoms with Crippen molar-refractivity contribution in [2.24, 2.45) is 5.41 Å². The summed E-state index contributed by atoms with van der Waals surface area (Å²) in [5.41, 5.74) is 1.48. The molecule has 2 N–H and O–H groups in total. The van der Waals surface area contributed by atoms with E-state index in [0.29, 0.717) is 5.56 Å². The van der Waals surface area contributed by atoms with E-state index in [9.17, 15) is 4.79 Å². The summed E-state index contributed by atoms with van der Waals surface area (Å²) in [5, 5.41) is 9.54. The topological polar surface area (TPSA) is 57.8 Å². The summed E-state index contributed by atoms with van der Waals surface area (Å²) in [6.07, 6.45) is 1.56. The number of aromatic nitrogens is 2. The van der Waals surface area contributed by atoms with E-state index < -0.39 is 0 Å². The second kappa shape index (κ2) is 4.04. The number of amides is 1. The molecule has 1 aromatic rings. The largest absolute Gasteiger partial charge is 0.349 e. The first-order valence-electron chi connectivity index (χ1n) is 5.13. The van der Waals surface area contributed by atoms with Crippen molar-refractivity contribution in [3.63, 3.8) is 0 Å². The van der Waals surface area contributed by atoms with E-state index >= 15 is 0 Å². The highest BCUT2D eigenvalue weighted by molar-refractivity contribution is 5.95. The van der Waals surface area contributed by atoms with E-state index in [1.165, 1.54) is 0 Å². The Morgan fingerprint density at radius 1 is 1.53 bits per heavy atom. The number of nitrogens with one attached hydrogen (secondary N) is 2. The second-order valence-electron chi connectivity index (χ2n) is 4.97. The molecule has 1 aromatic heterocycles. The number of aryl methyl sites for hydroxylation is 1. The third kappa shape index (κ3) is 2.81. The van der Waals surface area contributed by atoms with Crippen molar-refractivity contribution in [3.8, 4) is 0 Å². The average molecular weight is 209 g/mol. The molecule has 0 spiro atoms. The van der Waals surface area contributed by atoms with Gasteiger partial charge in [-0.1, -0.05) is 20.8 Å². The van der Waals surface area contributed by atoms with E-state index in [-0.39, 0.29) is 17.4 Å². The Morgan fingerprint density at radius 2 is 2.13 bits per heavy atom. The van der Waals surface area contributed by atoms with Gasteiger partial charge in [0.15, 0.2) is 0 Å². The Kier molecular flexibility index (Phi) is 3.17. The van der Waals surface area contributed by atoms with E-state index in [2.05, 4.69) is 36.3 Å². The monoisotopic (exact) mass is 209 g/mol. The number of aromatic amines is 1. The van der Waals surface area contributed by atoms with Crippen LogP contribution in [0.25, 0.3) is 0 Å². The molecule has 1 heterocycles. The van der Waals surface area contributed by atoms with Crippen LogP contribution in [0.5, 0.6) is 0 Å². The maximum absolute atomic E-state index is 11.8. The maximum atomic E-state index is 11.8. The van der Waals surface area contributed by atoms with Crippen molar-refractivity contribution in [2.45, 2.75) is 40.7 Å². The molecule has 15 heavy (non-hydrogen) atoms. The van der Waals surface area contributed by atoms with Crippen LogP contribution in [-0.4, -0.2) is 22.1 Å². The second-order valence-corrected chi connectivity index (χ2v) is 4.97. The van der Waals surface area contributed by atoms with E-state index in [1.54, 1.807) is 6.20 Å². The highest BCUT2D eigenvalue weighted by atomic mass is 16.1. The fourth-order valence-corrected chi connectivity index (χ4v) is 1.07. The van der Waals surface area contributed by atoms with Gasteiger partial charge >= 0.3 is 0 Å². The number of nitrogens with zero attached hydrogens (tertiary/aromatic N) is 1. The van der Waals surface area contributed by atoms with E-state index in [4.69, 9.17) is 0 Å². The highest BCUT2D eigenvalue weighted by Gasteiger charge is 2.23. The SMILES string of the molecule is Cc1[nH]ncc1C(=O)NC(C)C(C)(C)C. The molecule has 0 saturated heterocycles. The zero-order valence-corrected chi connectivity index (χ0v) is 10.0. The summed E-state index contributed by atoms with van der Waals surface area (Å²) in [5.74, 6) is -0.0660. The first kappa shape index (κ1) is 11.8. The first-order valence-corrected chi connectivity index (χ1v) is 5.13. The summed E-state index contributed by atoms with van der Waals surface area (Å²) in [4.78, 5) is 11.8. The summed E-state index contributed by atoms with van der Waals surface area (Å²) in [6.45, 7) is 10.1. The first-order chi connectivity index (χ1) is 6.82. The predicted octanol–water partition coefficient (Wildman–Crippen LogP) is 1.88.